The van der Waals surface area contributed by atoms with Gasteiger partial charge in [0.15, 0.2) is 0 Å². The van der Waals surface area contributed by atoms with Gasteiger partial charge in [-0.1, -0.05) is 6.07 Å². The average molecular weight is 336 g/mol. The molecule has 0 spiro atoms. The van der Waals surface area contributed by atoms with Gasteiger partial charge in [0.1, 0.15) is 11.5 Å². The quantitative estimate of drug-likeness (QED) is 0.688. The molecule has 5 heteroatoms. The van der Waals surface area contributed by atoms with Crippen molar-refractivity contribution in [2.24, 2.45) is 0 Å². The highest BCUT2D eigenvalue weighted by molar-refractivity contribution is 5.38. The summed E-state index contributed by atoms with van der Waals surface area (Å²) >= 11 is 0. The van der Waals surface area contributed by atoms with Gasteiger partial charge in [0, 0.05) is 6.42 Å². The number of benzene rings is 2. The second-order valence-corrected chi connectivity index (χ2v) is 5.86. The smallest absolute Gasteiger partial charge is 0.416 e. The predicted octanol–water partition coefficient (Wildman–Crippen LogP) is 5.04. The van der Waals surface area contributed by atoms with Crippen LogP contribution in [0.2, 0.25) is 0 Å². The molecule has 0 radical (unpaired) electrons. The van der Waals surface area contributed by atoms with Crippen LogP contribution in [0.4, 0.5) is 13.2 Å². The van der Waals surface area contributed by atoms with Crippen LogP contribution in [0.3, 0.4) is 0 Å². The van der Waals surface area contributed by atoms with Crippen molar-refractivity contribution in [3.8, 4) is 11.5 Å². The summed E-state index contributed by atoms with van der Waals surface area (Å²) in [6, 6.07) is 10.9. The molecular weight excluding hydrogens is 317 g/mol. The number of hydrogen-bond donors (Lipinski definition) is 0. The Labute approximate surface area is 139 Å². The fraction of sp³-hybridized carbons (Fsp3) is 0.368. The van der Waals surface area contributed by atoms with E-state index < -0.39 is 11.7 Å². The number of hydrogen-bond acceptors (Lipinski definition) is 2. The van der Waals surface area contributed by atoms with E-state index in [1.54, 1.807) is 0 Å². The molecule has 2 aromatic carbocycles. The maximum Gasteiger partial charge on any atom is 0.416 e. The standard InChI is InChI=1S/C19H19F3O2/c20-19(21,22)16-6-9-17(10-7-16)23-11-2-12-24-18-8-5-14-3-1-4-15(14)13-18/h5-10,13H,1-4,11-12H2. The minimum atomic E-state index is -4.32. The van der Waals surface area contributed by atoms with Gasteiger partial charge in [-0.25, -0.2) is 0 Å². The highest BCUT2D eigenvalue weighted by Crippen LogP contribution is 2.30. The van der Waals surface area contributed by atoms with Crippen molar-refractivity contribution >= 4 is 0 Å². The van der Waals surface area contributed by atoms with Crippen LogP contribution in [-0.4, -0.2) is 13.2 Å². The Morgan fingerprint density at radius 1 is 0.792 bits per heavy atom. The van der Waals surface area contributed by atoms with Crippen molar-refractivity contribution in [3.05, 3.63) is 59.2 Å². The summed E-state index contributed by atoms with van der Waals surface area (Å²) in [4.78, 5) is 0. The molecule has 128 valence electrons. The van der Waals surface area contributed by atoms with Gasteiger partial charge >= 0.3 is 6.18 Å². The first-order valence-electron chi connectivity index (χ1n) is 8.07. The Morgan fingerprint density at radius 2 is 1.42 bits per heavy atom. The molecule has 2 nitrogen and oxygen atoms in total. The summed E-state index contributed by atoms with van der Waals surface area (Å²) in [6.07, 6.45) is -0.180. The molecule has 0 N–H and O–H groups in total. The summed E-state index contributed by atoms with van der Waals surface area (Å²) in [5.41, 5.74) is 2.11. The molecule has 0 aliphatic heterocycles. The zero-order valence-corrected chi connectivity index (χ0v) is 13.2. The second-order valence-electron chi connectivity index (χ2n) is 5.86. The van der Waals surface area contributed by atoms with Gasteiger partial charge in [-0.2, -0.15) is 13.2 Å². The molecule has 0 unspecified atom stereocenters. The molecule has 0 bridgehead atoms. The van der Waals surface area contributed by atoms with Crippen LogP contribution in [0, 0.1) is 0 Å². The highest BCUT2D eigenvalue weighted by atomic mass is 19.4. The van der Waals surface area contributed by atoms with E-state index >= 15 is 0 Å². The number of halogens is 3. The van der Waals surface area contributed by atoms with Crippen LogP contribution in [0.5, 0.6) is 11.5 Å². The first-order chi connectivity index (χ1) is 11.5. The lowest BCUT2D eigenvalue weighted by molar-refractivity contribution is -0.137. The first-order valence-corrected chi connectivity index (χ1v) is 8.07. The van der Waals surface area contributed by atoms with Crippen LogP contribution >= 0.6 is 0 Å². The third-order valence-electron chi connectivity index (χ3n) is 4.08. The lowest BCUT2D eigenvalue weighted by Crippen LogP contribution is -2.06. The van der Waals surface area contributed by atoms with Crippen LogP contribution in [0.1, 0.15) is 29.5 Å². The van der Waals surface area contributed by atoms with Gasteiger partial charge in [0.05, 0.1) is 18.8 Å². The van der Waals surface area contributed by atoms with Crippen LogP contribution in [-0.2, 0) is 19.0 Å². The second kappa shape index (κ2) is 7.16. The molecule has 0 aromatic heterocycles. The van der Waals surface area contributed by atoms with Gasteiger partial charge in [-0.05, 0) is 66.8 Å². The lowest BCUT2D eigenvalue weighted by atomic mass is 10.1. The van der Waals surface area contributed by atoms with E-state index in [1.165, 1.54) is 29.7 Å². The molecule has 0 amide bonds. The molecule has 0 fully saturated rings. The van der Waals surface area contributed by atoms with E-state index in [4.69, 9.17) is 9.47 Å². The summed E-state index contributed by atoms with van der Waals surface area (Å²) in [6.45, 7) is 0.912. The van der Waals surface area contributed by atoms with Crippen molar-refractivity contribution in [1.82, 2.24) is 0 Å². The van der Waals surface area contributed by atoms with Crippen molar-refractivity contribution < 1.29 is 22.6 Å². The molecule has 0 atom stereocenters. The first kappa shape index (κ1) is 16.7. The molecular formula is C19H19F3O2. The van der Waals surface area contributed by atoms with E-state index in [-0.39, 0.29) is 0 Å². The predicted molar refractivity (Wildman–Crippen MR) is 85.5 cm³/mol. The summed E-state index contributed by atoms with van der Waals surface area (Å²) in [7, 11) is 0. The van der Waals surface area contributed by atoms with Gasteiger partial charge in [0.2, 0.25) is 0 Å². The molecule has 24 heavy (non-hydrogen) atoms. The van der Waals surface area contributed by atoms with Crippen LogP contribution in [0.15, 0.2) is 42.5 Å². The third-order valence-corrected chi connectivity index (χ3v) is 4.08. The van der Waals surface area contributed by atoms with E-state index in [0.717, 1.165) is 30.7 Å². The number of aryl methyl sites for hydroxylation is 2. The fourth-order valence-corrected chi connectivity index (χ4v) is 2.82. The summed E-state index contributed by atoms with van der Waals surface area (Å²) < 4.78 is 48.5. The van der Waals surface area contributed by atoms with Crippen LogP contribution in [0.25, 0.3) is 0 Å². The molecule has 0 saturated carbocycles. The SMILES string of the molecule is FC(F)(F)c1ccc(OCCCOc2ccc3c(c2)CCC3)cc1. The Morgan fingerprint density at radius 3 is 2.12 bits per heavy atom. The zero-order valence-electron chi connectivity index (χ0n) is 13.2. The molecule has 1 aliphatic carbocycles. The average Bonchev–Trinajstić information content (AvgIpc) is 3.02. The van der Waals surface area contributed by atoms with Gasteiger partial charge < -0.3 is 9.47 Å². The van der Waals surface area contributed by atoms with Crippen molar-refractivity contribution in [1.29, 1.82) is 0 Å². The van der Waals surface area contributed by atoms with Gasteiger partial charge in [-0.3, -0.25) is 0 Å². The normalized spacial score (nSPS) is 13.6. The minimum absolute atomic E-state index is 0.399. The van der Waals surface area contributed by atoms with E-state index in [9.17, 15) is 13.2 Å². The van der Waals surface area contributed by atoms with Gasteiger partial charge in [0.25, 0.3) is 0 Å². The largest absolute Gasteiger partial charge is 0.493 e. The minimum Gasteiger partial charge on any atom is -0.493 e. The maximum atomic E-state index is 12.5. The number of rotatable bonds is 6. The van der Waals surface area contributed by atoms with Crippen molar-refractivity contribution in [3.63, 3.8) is 0 Å². The molecule has 2 aromatic rings. The number of fused-ring (bicyclic) bond motifs is 1. The molecule has 0 heterocycles. The Kier molecular flexibility index (Phi) is 4.97. The third kappa shape index (κ3) is 4.22. The van der Waals surface area contributed by atoms with Crippen LogP contribution < -0.4 is 9.47 Å². The number of ether oxygens (including phenoxy) is 2. The zero-order chi connectivity index (χ0) is 17.0. The van der Waals surface area contributed by atoms with E-state index in [1.807, 2.05) is 6.07 Å². The lowest BCUT2D eigenvalue weighted by Gasteiger charge is -2.10. The topological polar surface area (TPSA) is 18.5 Å². The number of alkyl halides is 3. The molecule has 0 saturated heterocycles. The Hall–Kier alpha value is -2.17. The monoisotopic (exact) mass is 336 g/mol. The van der Waals surface area contributed by atoms with E-state index in [0.29, 0.717) is 25.4 Å². The molecule has 1 aliphatic rings. The highest BCUT2D eigenvalue weighted by Gasteiger charge is 2.29. The van der Waals surface area contributed by atoms with Crippen molar-refractivity contribution in [2.75, 3.05) is 13.2 Å². The van der Waals surface area contributed by atoms with E-state index in [2.05, 4.69) is 12.1 Å². The Bertz CT molecular complexity index is 678. The summed E-state index contributed by atoms with van der Waals surface area (Å²) in [5.74, 6) is 1.30. The maximum absolute atomic E-state index is 12.5. The van der Waals surface area contributed by atoms with Crippen molar-refractivity contribution in [2.45, 2.75) is 31.9 Å². The van der Waals surface area contributed by atoms with Gasteiger partial charge in [-0.15, -0.1) is 0 Å². The fourth-order valence-electron chi connectivity index (χ4n) is 2.82. The Balaban J connectivity index is 1.39. The molecule has 3 rings (SSSR count). The summed E-state index contributed by atoms with van der Waals surface area (Å²) in [5, 5.41) is 0.